The Kier molecular flexibility index (Phi) is 3.99. The Labute approximate surface area is 137 Å². The third-order valence-electron chi connectivity index (χ3n) is 3.67. The Bertz CT molecular complexity index is 820. The molecule has 6 nitrogen and oxygen atoms in total. The van der Waals surface area contributed by atoms with E-state index in [1.54, 1.807) is 18.2 Å². The zero-order valence-corrected chi connectivity index (χ0v) is 12.7. The molecule has 1 saturated heterocycles. The predicted octanol–water partition coefficient (Wildman–Crippen LogP) is 2.33. The van der Waals surface area contributed by atoms with Crippen LogP contribution in [-0.4, -0.2) is 29.9 Å². The fourth-order valence-corrected chi connectivity index (χ4v) is 2.40. The maximum atomic E-state index is 13.7. The molecule has 1 aliphatic rings. The lowest BCUT2D eigenvalue weighted by molar-refractivity contribution is -0.139. The molecule has 0 radical (unpaired) electrons. The van der Waals surface area contributed by atoms with Gasteiger partial charge in [-0.3, -0.25) is 14.5 Å². The van der Waals surface area contributed by atoms with Gasteiger partial charge in [0.1, 0.15) is 11.6 Å². The first-order chi connectivity index (χ1) is 11.5. The van der Waals surface area contributed by atoms with Crippen LogP contribution >= 0.6 is 0 Å². The molecule has 3 rings (SSSR count). The van der Waals surface area contributed by atoms with Crippen LogP contribution in [0.5, 0.6) is 5.75 Å². The van der Waals surface area contributed by atoms with E-state index >= 15 is 0 Å². The van der Waals surface area contributed by atoms with Crippen LogP contribution in [0.2, 0.25) is 0 Å². The molecule has 0 saturated carbocycles. The number of methoxy groups -OCH3 is 1. The third-order valence-corrected chi connectivity index (χ3v) is 3.67. The minimum atomic E-state index is -0.987. The number of imide groups is 2. The molecular formula is C17H13FN2O4. The third kappa shape index (κ3) is 2.60. The largest absolute Gasteiger partial charge is 0.497 e. The highest BCUT2D eigenvalue weighted by molar-refractivity contribution is 6.52. The topological polar surface area (TPSA) is 66.9 Å². The van der Waals surface area contributed by atoms with E-state index in [-0.39, 0.29) is 17.8 Å². The number of ether oxygens (including phenoxy) is 1. The van der Waals surface area contributed by atoms with Crippen molar-refractivity contribution in [1.29, 1.82) is 0 Å². The minimum absolute atomic E-state index is 0.156. The molecule has 0 aromatic heterocycles. The van der Waals surface area contributed by atoms with Crippen LogP contribution in [0.3, 0.4) is 0 Å². The monoisotopic (exact) mass is 328 g/mol. The number of carbonyl (C=O) groups excluding carboxylic acids is 3. The van der Waals surface area contributed by atoms with Crippen molar-refractivity contribution >= 4 is 23.5 Å². The first kappa shape index (κ1) is 15.7. The molecule has 0 N–H and O–H groups in total. The van der Waals surface area contributed by atoms with Crippen LogP contribution in [0.25, 0.3) is 0 Å². The van der Waals surface area contributed by atoms with Crippen molar-refractivity contribution in [3.05, 3.63) is 59.9 Å². The summed E-state index contributed by atoms with van der Waals surface area (Å²) in [5.74, 6) is -1.96. The average molecular weight is 328 g/mol. The summed E-state index contributed by atoms with van der Waals surface area (Å²) in [7, 11) is 1.49. The van der Waals surface area contributed by atoms with Crippen molar-refractivity contribution in [2.45, 2.75) is 6.54 Å². The van der Waals surface area contributed by atoms with Crippen molar-refractivity contribution in [1.82, 2.24) is 4.90 Å². The number of urea groups is 1. The van der Waals surface area contributed by atoms with Gasteiger partial charge in [-0.25, -0.2) is 14.1 Å². The fraction of sp³-hybridized carbons (Fsp3) is 0.118. The Morgan fingerprint density at radius 2 is 1.62 bits per heavy atom. The van der Waals surface area contributed by atoms with Crippen LogP contribution in [0.1, 0.15) is 5.56 Å². The van der Waals surface area contributed by atoms with E-state index in [0.717, 1.165) is 9.80 Å². The van der Waals surface area contributed by atoms with E-state index in [2.05, 4.69) is 0 Å². The SMILES string of the molecule is COc1ccc(N2C(=O)C(=O)N(Cc3ccccc3F)C2=O)cc1. The maximum absolute atomic E-state index is 13.7. The highest BCUT2D eigenvalue weighted by Crippen LogP contribution is 2.26. The van der Waals surface area contributed by atoms with Crippen molar-refractivity contribution in [3.8, 4) is 5.75 Å². The van der Waals surface area contributed by atoms with Gasteiger partial charge >= 0.3 is 17.8 Å². The Morgan fingerprint density at radius 3 is 2.25 bits per heavy atom. The molecule has 0 bridgehead atoms. The first-order valence-corrected chi connectivity index (χ1v) is 7.10. The number of hydrogen-bond acceptors (Lipinski definition) is 4. The van der Waals surface area contributed by atoms with Crippen molar-refractivity contribution in [2.75, 3.05) is 12.0 Å². The normalized spacial score (nSPS) is 14.5. The first-order valence-electron chi connectivity index (χ1n) is 7.10. The standard InChI is InChI=1S/C17H13FN2O4/c1-24-13-8-6-12(7-9-13)20-16(22)15(21)19(17(20)23)10-11-4-2-3-5-14(11)18/h2-9H,10H2,1H3. The van der Waals surface area contributed by atoms with Crippen LogP contribution in [0, 0.1) is 5.82 Å². The molecular weight excluding hydrogens is 315 g/mol. The van der Waals surface area contributed by atoms with E-state index in [1.807, 2.05) is 0 Å². The van der Waals surface area contributed by atoms with Crippen molar-refractivity contribution < 1.29 is 23.5 Å². The molecule has 0 aliphatic carbocycles. The lowest BCUT2D eigenvalue weighted by Crippen LogP contribution is -2.33. The Balaban J connectivity index is 1.88. The lowest BCUT2D eigenvalue weighted by atomic mass is 10.2. The van der Waals surface area contributed by atoms with Crippen molar-refractivity contribution in [2.24, 2.45) is 0 Å². The van der Waals surface area contributed by atoms with E-state index < -0.39 is 23.7 Å². The molecule has 2 aromatic rings. The summed E-state index contributed by atoms with van der Waals surface area (Å²) >= 11 is 0. The predicted molar refractivity (Wildman–Crippen MR) is 82.8 cm³/mol. The van der Waals surface area contributed by atoms with Gasteiger partial charge in [-0.05, 0) is 30.3 Å². The molecule has 0 spiro atoms. The van der Waals surface area contributed by atoms with Gasteiger partial charge in [0.2, 0.25) is 0 Å². The van der Waals surface area contributed by atoms with Crippen LogP contribution in [-0.2, 0) is 16.1 Å². The molecule has 1 heterocycles. The zero-order chi connectivity index (χ0) is 17.3. The maximum Gasteiger partial charge on any atom is 0.339 e. The van der Waals surface area contributed by atoms with Gasteiger partial charge in [0, 0.05) is 5.56 Å². The number of halogens is 1. The number of amides is 4. The number of hydrogen-bond donors (Lipinski definition) is 0. The summed E-state index contributed by atoms with van der Waals surface area (Å²) in [6.07, 6.45) is 0. The van der Waals surface area contributed by atoms with Gasteiger partial charge in [-0.2, -0.15) is 0 Å². The molecule has 0 atom stereocenters. The van der Waals surface area contributed by atoms with Gasteiger partial charge in [-0.1, -0.05) is 18.2 Å². The second-order valence-corrected chi connectivity index (χ2v) is 5.10. The van der Waals surface area contributed by atoms with Gasteiger partial charge < -0.3 is 4.74 Å². The van der Waals surface area contributed by atoms with Crippen LogP contribution in [0.15, 0.2) is 48.5 Å². The number of benzene rings is 2. The summed E-state index contributed by atoms with van der Waals surface area (Å²) < 4.78 is 18.7. The van der Waals surface area contributed by atoms with Gasteiger partial charge in [0.05, 0.1) is 19.3 Å². The molecule has 4 amide bonds. The smallest absolute Gasteiger partial charge is 0.339 e. The number of nitrogens with zero attached hydrogens (tertiary/aromatic N) is 2. The van der Waals surface area contributed by atoms with Gasteiger partial charge in [-0.15, -0.1) is 0 Å². The summed E-state index contributed by atoms with van der Waals surface area (Å²) in [6.45, 7) is -0.303. The average Bonchev–Trinajstić information content (AvgIpc) is 2.80. The summed E-state index contributed by atoms with van der Waals surface area (Å²) in [5.41, 5.74) is 0.402. The summed E-state index contributed by atoms with van der Waals surface area (Å²) in [6, 6.07) is 11.1. The quantitative estimate of drug-likeness (QED) is 0.638. The Morgan fingerprint density at radius 1 is 0.958 bits per heavy atom. The fourth-order valence-electron chi connectivity index (χ4n) is 2.40. The molecule has 7 heteroatoms. The molecule has 24 heavy (non-hydrogen) atoms. The molecule has 122 valence electrons. The number of anilines is 1. The van der Waals surface area contributed by atoms with E-state index in [9.17, 15) is 18.8 Å². The lowest BCUT2D eigenvalue weighted by Gasteiger charge is -2.16. The van der Waals surface area contributed by atoms with Gasteiger partial charge in [0.25, 0.3) is 0 Å². The number of carbonyl (C=O) groups is 3. The second kappa shape index (κ2) is 6.11. The zero-order valence-electron chi connectivity index (χ0n) is 12.7. The highest BCUT2D eigenvalue weighted by atomic mass is 19.1. The van der Waals surface area contributed by atoms with Crippen LogP contribution < -0.4 is 9.64 Å². The van der Waals surface area contributed by atoms with E-state index in [4.69, 9.17) is 4.74 Å². The van der Waals surface area contributed by atoms with E-state index in [0.29, 0.717) is 5.75 Å². The minimum Gasteiger partial charge on any atom is -0.497 e. The number of rotatable bonds is 4. The molecule has 0 unspecified atom stereocenters. The second-order valence-electron chi connectivity index (χ2n) is 5.10. The summed E-state index contributed by atoms with van der Waals surface area (Å²) in [4.78, 5) is 38.2. The van der Waals surface area contributed by atoms with E-state index in [1.165, 1.54) is 37.4 Å². The van der Waals surface area contributed by atoms with Crippen LogP contribution in [0.4, 0.5) is 14.9 Å². The highest BCUT2D eigenvalue weighted by Gasteiger charge is 2.45. The molecule has 1 fully saturated rings. The molecule has 1 aliphatic heterocycles. The van der Waals surface area contributed by atoms with Crippen molar-refractivity contribution in [3.63, 3.8) is 0 Å². The Hall–Kier alpha value is -3.22. The van der Waals surface area contributed by atoms with Gasteiger partial charge in [0.15, 0.2) is 0 Å². The summed E-state index contributed by atoms with van der Waals surface area (Å²) in [5, 5.41) is 0. The molecule has 2 aromatic carbocycles.